The normalized spacial score (nSPS) is 18.8. The fourth-order valence-corrected chi connectivity index (χ4v) is 2.96. The van der Waals surface area contributed by atoms with Crippen LogP contribution in [-0.4, -0.2) is 60.8 Å². The van der Waals surface area contributed by atoms with E-state index in [1.54, 1.807) is 19.2 Å². The van der Waals surface area contributed by atoms with Crippen LogP contribution >= 0.6 is 0 Å². The quantitative estimate of drug-likeness (QED) is 0.877. The van der Waals surface area contributed by atoms with E-state index in [0.29, 0.717) is 25.7 Å². The highest BCUT2D eigenvalue weighted by atomic mass is 19.4. The van der Waals surface area contributed by atoms with E-state index in [9.17, 15) is 23.1 Å². The molecule has 1 atom stereocenters. The second-order valence-corrected chi connectivity index (χ2v) is 6.41. The highest BCUT2D eigenvalue weighted by molar-refractivity contribution is 5.85. The Morgan fingerprint density at radius 2 is 1.96 bits per heavy atom. The first-order valence-electron chi connectivity index (χ1n) is 8.04. The highest BCUT2D eigenvalue weighted by Gasteiger charge is 2.57. The largest absolute Gasteiger partial charge is 0.426 e. The average molecular weight is 373 g/mol. The Hall–Kier alpha value is -2.43. The summed E-state index contributed by atoms with van der Waals surface area (Å²) in [6.07, 6.45) is -2.59. The van der Waals surface area contributed by atoms with Gasteiger partial charge in [0.05, 0.1) is 5.69 Å². The Morgan fingerprint density at radius 3 is 2.50 bits per heavy atom. The molecule has 1 aliphatic rings. The molecule has 0 saturated carbocycles. The molecule has 2 aromatic heterocycles. The number of likely N-dealkylation sites (tertiary alicyclic amines) is 1. The molecule has 0 spiro atoms. The van der Waals surface area contributed by atoms with Crippen molar-refractivity contribution in [3.8, 4) is 6.01 Å². The summed E-state index contributed by atoms with van der Waals surface area (Å²) in [7, 11) is 0. The number of aromatic nitrogens is 4. The van der Waals surface area contributed by atoms with Crippen molar-refractivity contribution in [1.29, 1.82) is 0 Å². The molecule has 11 heteroatoms. The third-order valence-corrected chi connectivity index (χ3v) is 4.54. The predicted octanol–water partition coefficient (Wildman–Crippen LogP) is 1.58. The van der Waals surface area contributed by atoms with Gasteiger partial charge in [0.1, 0.15) is 0 Å². The summed E-state index contributed by atoms with van der Waals surface area (Å²) in [4.78, 5) is 13.1. The van der Waals surface area contributed by atoms with Crippen LogP contribution in [0.25, 0.3) is 6.01 Å². The van der Waals surface area contributed by atoms with Crippen LogP contribution in [0, 0.1) is 6.92 Å². The molecule has 3 heterocycles. The zero-order chi connectivity index (χ0) is 19.1. The number of nitrogens with zero attached hydrogens (tertiary/aromatic N) is 5. The zero-order valence-corrected chi connectivity index (χ0v) is 14.2. The molecule has 142 valence electrons. The van der Waals surface area contributed by atoms with E-state index in [-0.39, 0.29) is 25.0 Å². The number of amides is 1. The van der Waals surface area contributed by atoms with Crippen LogP contribution in [0.4, 0.5) is 13.2 Å². The molecule has 0 aromatic carbocycles. The van der Waals surface area contributed by atoms with Crippen molar-refractivity contribution < 1.29 is 27.5 Å². The lowest BCUT2D eigenvalue weighted by Gasteiger charge is -2.36. The van der Waals surface area contributed by atoms with E-state index in [2.05, 4.69) is 15.3 Å². The third kappa shape index (κ3) is 3.18. The fourth-order valence-electron chi connectivity index (χ4n) is 2.96. The van der Waals surface area contributed by atoms with Crippen molar-refractivity contribution in [2.24, 2.45) is 0 Å². The van der Waals surface area contributed by atoms with Gasteiger partial charge in [-0.1, -0.05) is 5.10 Å². The van der Waals surface area contributed by atoms with Gasteiger partial charge in [0.25, 0.3) is 5.91 Å². The van der Waals surface area contributed by atoms with Gasteiger partial charge in [-0.05, 0) is 25.8 Å². The van der Waals surface area contributed by atoms with Crippen molar-refractivity contribution >= 4 is 5.91 Å². The Labute approximate surface area is 146 Å². The van der Waals surface area contributed by atoms with Gasteiger partial charge in [0.2, 0.25) is 11.5 Å². The van der Waals surface area contributed by atoms with E-state index in [1.807, 2.05) is 0 Å². The number of alkyl halides is 3. The molecule has 8 nitrogen and oxygen atoms in total. The lowest BCUT2D eigenvalue weighted by Crippen LogP contribution is -2.57. The molecule has 1 aliphatic heterocycles. The van der Waals surface area contributed by atoms with Crippen LogP contribution in [0.2, 0.25) is 0 Å². The predicted molar refractivity (Wildman–Crippen MR) is 81.4 cm³/mol. The number of carbonyl (C=O) groups is 1. The summed E-state index contributed by atoms with van der Waals surface area (Å²) in [6.45, 7) is 2.33. The SMILES string of the molecule is Cc1nnc(-n2nccc2C2CCN(C(=O)C(C)(O)C(F)(F)F)CC2)o1. The second-order valence-electron chi connectivity index (χ2n) is 6.41. The maximum Gasteiger partial charge on any atom is 0.426 e. The van der Waals surface area contributed by atoms with Crippen LogP contribution in [0.15, 0.2) is 16.7 Å². The number of hydrogen-bond acceptors (Lipinski definition) is 6. The van der Waals surface area contributed by atoms with Gasteiger partial charge in [-0.15, -0.1) is 5.10 Å². The Kier molecular flexibility index (Phi) is 4.51. The second kappa shape index (κ2) is 6.38. The maximum atomic E-state index is 12.8. The van der Waals surface area contributed by atoms with E-state index < -0.39 is 17.7 Å². The lowest BCUT2D eigenvalue weighted by atomic mass is 9.92. The third-order valence-electron chi connectivity index (χ3n) is 4.54. The molecule has 2 aromatic rings. The minimum Gasteiger partial charge on any atom is -0.407 e. The molecule has 3 rings (SSSR count). The molecule has 1 saturated heterocycles. The van der Waals surface area contributed by atoms with Crippen molar-refractivity contribution in [3.63, 3.8) is 0 Å². The molecule has 1 fully saturated rings. The molecule has 1 amide bonds. The van der Waals surface area contributed by atoms with Crippen molar-refractivity contribution in [3.05, 3.63) is 23.8 Å². The molecule has 0 bridgehead atoms. The van der Waals surface area contributed by atoms with E-state index in [4.69, 9.17) is 4.42 Å². The summed E-state index contributed by atoms with van der Waals surface area (Å²) in [5.41, 5.74) is -2.61. The number of halogens is 3. The first kappa shape index (κ1) is 18.4. The molecule has 0 radical (unpaired) electrons. The van der Waals surface area contributed by atoms with Crippen molar-refractivity contribution in [1.82, 2.24) is 24.9 Å². The standard InChI is InChI=1S/C15H18F3N5O3/c1-9-20-21-13(26-9)23-11(3-6-19-23)10-4-7-22(8-5-10)12(24)14(2,25)15(16,17)18/h3,6,10,25H,4-5,7-8H2,1-2H3. The van der Waals surface area contributed by atoms with Gasteiger partial charge < -0.3 is 14.4 Å². The van der Waals surface area contributed by atoms with Gasteiger partial charge >= 0.3 is 12.2 Å². The van der Waals surface area contributed by atoms with Gasteiger partial charge in [-0.25, -0.2) is 0 Å². The number of rotatable bonds is 3. The van der Waals surface area contributed by atoms with Crippen LogP contribution in [0.1, 0.15) is 37.3 Å². The topological polar surface area (TPSA) is 97.3 Å². The summed E-state index contributed by atoms with van der Waals surface area (Å²) in [6, 6.07) is 1.98. The number of carbonyl (C=O) groups excluding carboxylic acids is 1. The smallest absolute Gasteiger partial charge is 0.407 e. The first-order valence-corrected chi connectivity index (χ1v) is 8.04. The number of aryl methyl sites for hydroxylation is 1. The molecular formula is C15H18F3N5O3. The first-order chi connectivity index (χ1) is 12.1. The Morgan fingerprint density at radius 1 is 1.31 bits per heavy atom. The summed E-state index contributed by atoms with van der Waals surface area (Å²) >= 11 is 0. The van der Waals surface area contributed by atoms with E-state index in [1.165, 1.54) is 4.68 Å². The van der Waals surface area contributed by atoms with E-state index in [0.717, 1.165) is 10.6 Å². The monoisotopic (exact) mass is 373 g/mol. The van der Waals surface area contributed by atoms with Crippen LogP contribution in [-0.2, 0) is 4.79 Å². The number of aliphatic hydroxyl groups is 1. The van der Waals surface area contributed by atoms with Gasteiger partial charge in [-0.3, -0.25) is 4.79 Å². The fraction of sp³-hybridized carbons (Fsp3) is 0.600. The van der Waals surface area contributed by atoms with Crippen LogP contribution in [0.5, 0.6) is 0 Å². The van der Waals surface area contributed by atoms with Crippen LogP contribution in [0.3, 0.4) is 0 Å². The van der Waals surface area contributed by atoms with Crippen molar-refractivity contribution in [2.75, 3.05) is 13.1 Å². The van der Waals surface area contributed by atoms with Crippen LogP contribution < -0.4 is 0 Å². The average Bonchev–Trinajstić information content (AvgIpc) is 3.21. The van der Waals surface area contributed by atoms with Gasteiger partial charge in [0.15, 0.2) is 0 Å². The van der Waals surface area contributed by atoms with Crippen molar-refractivity contribution in [2.45, 2.75) is 44.4 Å². The zero-order valence-electron chi connectivity index (χ0n) is 14.2. The highest BCUT2D eigenvalue weighted by Crippen LogP contribution is 2.34. The maximum absolute atomic E-state index is 12.8. The van der Waals surface area contributed by atoms with Gasteiger partial charge in [0, 0.05) is 32.1 Å². The van der Waals surface area contributed by atoms with E-state index >= 15 is 0 Å². The minimum absolute atomic E-state index is 0.0374. The lowest BCUT2D eigenvalue weighted by molar-refractivity contribution is -0.250. The number of hydrogen-bond donors (Lipinski definition) is 1. The molecule has 1 N–H and O–H groups in total. The Balaban J connectivity index is 1.70. The van der Waals surface area contributed by atoms with Gasteiger partial charge in [-0.2, -0.15) is 23.0 Å². The summed E-state index contributed by atoms with van der Waals surface area (Å²) in [5.74, 6) is -0.981. The Bertz CT molecular complexity index is 791. The summed E-state index contributed by atoms with van der Waals surface area (Å²) < 4.78 is 45.4. The number of piperidine rings is 1. The molecular weight excluding hydrogens is 355 g/mol. The molecule has 0 aliphatic carbocycles. The summed E-state index contributed by atoms with van der Waals surface area (Å²) in [5, 5.41) is 21.4. The molecule has 26 heavy (non-hydrogen) atoms. The molecule has 1 unspecified atom stereocenters. The minimum atomic E-state index is -5.02.